The quantitative estimate of drug-likeness (QED) is 0.619. The Morgan fingerprint density at radius 3 is 2.68 bits per heavy atom. The van der Waals surface area contributed by atoms with Gasteiger partial charge in [0.25, 0.3) is 0 Å². The smallest absolute Gasteiger partial charge is 0.209 e. The highest BCUT2D eigenvalue weighted by Gasteiger charge is 2.08. The second-order valence-electron chi connectivity index (χ2n) is 3.78. The molecule has 1 heterocycles. The van der Waals surface area contributed by atoms with E-state index in [1.807, 2.05) is 24.3 Å². The van der Waals surface area contributed by atoms with Gasteiger partial charge >= 0.3 is 0 Å². The molecular formula is C12H17N5OS. The van der Waals surface area contributed by atoms with Crippen LogP contribution >= 0.6 is 11.8 Å². The Morgan fingerprint density at radius 2 is 2.05 bits per heavy atom. The zero-order chi connectivity index (χ0) is 13.7. The van der Waals surface area contributed by atoms with E-state index < -0.39 is 0 Å². The fraction of sp³-hybridized carbons (Fsp3) is 0.333. The number of rotatable bonds is 6. The zero-order valence-corrected chi connectivity index (χ0v) is 11.8. The number of anilines is 1. The lowest BCUT2D eigenvalue weighted by Crippen LogP contribution is -2.16. The maximum Gasteiger partial charge on any atom is 0.209 e. The monoisotopic (exact) mass is 279 g/mol. The summed E-state index contributed by atoms with van der Waals surface area (Å²) in [5.74, 6) is 8.36. The Morgan fingerprint density at radius 1 is 1.32 bits per heavy atom. The molecule has 0 spiro atoms. The SMILES string of the molecule is CCSc1nnc(CNc2ccc(OC)cc2)n1N. The van der Waals surface area contributed by atoms with Crippen molar-refractivity contribution in [3.05, 3.63) is 30.1 Å². The van der Waals surface area contributed by atoms with E-state index >= 15 is 0 Å². The van der Waals surface area contributed by atoms with Crippen LogP contribution in [0.4, 0.5) is 5.69 Å². The van der Waals surface area contributed by atoms with Crippen LogP contribution in [0.2, 0.25) is 0 Å². The van der Waals surface area contributed by atoms with E-state index in [1.165, 1.54) is 4.68 Å². The number of nitrogens with zero attached hydrogens (tertiary/aromatic N) is 3. The molecule has 2 aromatic rings. The number of nitrogen functional groups attached to an aromatic ring is 1. The van der Waals surface area contributed by atoms with Gasteiger partial charge in [0.15, 0.2) is 5.82 Å². The normalized spacial score (nSPS) is 10.4. The van der Waals surface area contributed by atoms with Gasteiger partial charge in [-0.15, -0.1) is 10.2 Å². The number of hydrogen-bond acceptors (Lipinski definition) is 6. The van der Waals surface area contributed by atoms with Gasteiger partial charge in [0.1, 0.15) is 5.75 Å². The molecule has 0 aliphatic rings. The van der Waals surface area contributed by atoms with Crippen LogP contribution in [-0.2, 0) is 6.54 Å². The van der Waals surface area contributed by atoms with Crippen LogP contribution in [0.15, 0.2) is 29.4 Å². The number of hydrogen-bond donors (Lipinski definition) is 2. The Balaban J connectivity index is 1.97. The lowest BCUT2D eigenvalue weighted by Gasteiger charge is -2.07. The molecule has 0 saturated heterocycles. The zero-order valence-electron chi connectivity index (χ0n) is 11.0. The fourth-order valence-electron chi connectivity index (χ4n) is 1.55. The number of nitrogens with one attached hydrogen (secondary N) is 1. The summed E-state index contributed by atoms with van der Waals surface area (Å²) in [7, 11) is 1.65. The molecule has 3 N–H and O–H groups in total. The van der Waals surface area contributed by atoms with Gasteiger partial charge in [-0.2, -0.15) is 0 Å². The highest BCUT2D eigenvalue weighted by Crippen LogP contribution is 2.17. The summed E-state index contributed by atoms with van der Waals surface area (Å²) in [6.07, 6.45) is 0. The van der Waals surface area contributed by atoms with Crippen LogP contribution in [0.3, 0.4) is 0 Å². The number of methoxy groups -OCH3 is 1. The molecule has 0 aliphatic carbocycles. The van der Waals surface area contributed by atoms with Gasteiger partial charge in [-0.3, -0.25) is 0 Å². The summed E-state index contributed by atoms with van der Waals surface area (Å²) in [5.41, 5.74) is 0.980. The van der Waals surface area contributed by atoms with Crippen molar-refractivity contribution in [3.8, 4) is 5.75 Å². The van der Waals surface area contributed by atoms with Crippen LogP contribution in [-0.4, -0.2) is 27.7 Å². The molecule has 0 atom stereocenters. The van der Waals surface area contributed by atoms with Crippen molar-refractivity contribution in [1.29, 1.82) is 0 Å². The molecule has 19 heavy (non-hydrogen) atoms. The van der Waals surface area contributed by atoms with E-state index in [0.29, 0.717) is 12.4 Å². The van der Waals surface area contributed by atoms with Crippen LogP contribution in [0, 0.1) is 0 Å². The maximum atomic E-state index is 5.91. The average molecular weight is 279 g/mol. The van der Waals surface area contributed by atoms with Gasteiger partial charge in [-0.1, -0.05) is 18.7 Å². The van der Waals surface area contributed by atoms with Crippen molar-refractivity contribution in [2.75, 3.05) is 24.0 Å². The first-order valence-corrected chi connectivity index (χ1v) is 6.93. The van der Waals surface area contributed by atoms with Crippen molar-refractivity contribution in [1.82, 2.24) is 14.9 Å². The Hall–Kier alpha value is -1.89. The minimum Gasteiger partial charge on any atom is -0.497 e. The molecule has 0 radical (unpaired) electrons. The van der Waals surface area contributed by atoms with Crippen LogP contribution in [0.1, 0.15) is 12.7 Å². The summed E-state index contributed by atoms with van der Waals surface area (Å²) in [6.45, 7) is 2.58. The van der Waals surface area contributed by atoms with Gasteiger partial charge in [-0.25, -0.2) is 4.68 Å². The first-order valence-electron chi connectivity index (χ1n) is 5.94. The molecule has 0 bridgehead atoms. The molecule has 7 heteroatoms. The topological polar surface area (TPSA) is 78.0 Å². The standard InChI is InChI=1S/C12H17N5OS/c1-3-19-12-16-15-11(17(12)13)8-14-9-4-6-10(18-2)7-5-9/h4-7,14H,3,8,13H2,1-2H3. The molecule has 0 saturated carbocycles. The molecule has 102 valence electrons. The summed E-state index contributed by atoms with van der Waals surface area (Å²) in [5, 5.41) is 12.1. The largest absolute Gasteiger partial charge is 0.497 e. The minimum absolute atomic E-state index is 0.528. The molecule has 0 unspecified atom stereocenters. The number of benzene rings is 1. The van der Waals surface area contributed by atoms with Crippen LogP contribution < -0.4 is 15.9 Å². The Labute approximate surface area is 116 Å². The van der Waals surface area contributed by atoms with Crippen molar-refractivity contribution >= 4 is 17.4 Å². The summed E-state index contributed by atoms with van der Waals surface area (Å²) in [6, 6.07) is 7.68. The van der Waals surface area contributed by atoms with Crippen LogP contribution in [0.25, 0.3) is 0 Å². The van der Waals surface area contributed by atoms with E-state index in [-0.39, 0.29) is 0 Å². The molecule has 0 amide bonds. The molecule has 0 aliphatic heterocycles. The lowest BCUT2D eigenvalue weighted by atomic mass is 10.3. The number of nitrogens with two attached hydrogens (primary N) is 1. The molecule has 2 rings (SSSR count). The Kier molecular flexibility index (Phi) is 4.51. The highest BCUT2D eigenvalue weighted by molar-refractivity contribution is 7.99. The van der Waals surface area contributed by atoms with E-state index in [9.17, 15) is 0 Å². The first-order chi connectivity index (χ1) is 9.24. The highest BCUT2D eigenvalue weighted by atomic mass is 32.2. The summed E-state index contributed by atoms with van der Waals surface area (Å²) >= 11 is 1.57. The third-order valence-electron chi connectivity index (χ3n) is 2.55. The molecule has 1 aromatic carbocycles. The minimum atomic E-state index is 0.528. The molecule has 6 nitrogen and oxygen atoms in total. The van der Waals surface area contributed by atoms with E-state index in [4.69, 9.17) is 10.6 Å². The third kappa shape index (κ3) is 3.31. The number of ether oxygens (including phenoxy) is 1. The van der Waals surface area contributed by atoms with Crippen molar-refractivity contribution < 1.29 is 4.74 Å². The van der Waals surface area contributed by atoms with Crippen molar-refractivity contribution in [2.24, 2.45) is 0 Å². The van der Waals surface area contributed by atoms with Gasteiger partial charge in [0, 0.05) is 5.69 Å². The average Bonchev–Trinajstić information content (AvgIpc) is 2.79. The van der Waals surface area contributed by atoms with Crippen LogP contribution in [0.5, 0.6) is 5.75 Å². The van der Waals surface area contributed by atoms with E-state index in [0.717, 1.165) is 22.3 Å². The molecule has 1 aromatic heterocycles. The number of thioether (sulfide) groups is 1. The van der Waals surface area contributed by atoms with Crippen molar-refractivity contribution in [3.63, 3.8) is 0 Å². The number of aromatic nitrogens is 3. The predicted octanol–water partition coefficient (Wildman–Crippen LogP) is 1.72. The second kappa shape index (κ2) is 6.33. The summed E-state index contributed by atoms with van der Waals surface area (Å²) < 4.78 is 6.62. The third-order valence-corrected chi connectivity index (χ3v) is 3.37. The Bertz CT molecular complexity index is 525. The lowest BCUT2D eigenvalue weighted by molar-refractivity contribution is 0.415. The summed E-state index contributed by atoms with van der Waals surface area (Å²) in [4.78, 5) is 0. The van der Waals surface area contributed by atoms with E-state index in [2.05, 4.69) is 22.4 Å². The second-order valence-corrected chi connectivity index (χ2v) is 5.02. The van der Waals surface area contributed by atoms with Gasteiger partial charge < -0.3 is 15.9 Å². The van der Waals surface area contributed by atoms with Crippen molar-refractivity contribution in [2.45, 2.75) is 18.6 Å². The fourth-order valence-corrected chi connectivity index (χ4v) is 2.15. The molecule has 0 fully saturated rings. The first kappa shape index (κ1) is 13.5. The maximum absolute atomic E-state index is 5.91. The molecular weight excluding hydrogens is 262 g/mol. The van der Waals surface area contributed by atoms with E-state index in [1.54, 1.807) is 18.9 Å². The van der Waals surface area contributed by atoms with Gasteiger partial charge in [-0.05, 0) is 30.0 Å². The predicted molar refractivity (Wildman–Crippen MR) is 76.9 cm³/mol. The van der Waals surface area contributed by atoms with Gasteiger partial charge in [0.2, 0.25) is 5.16 Å². The van der Waals surface area contributed by atoms with Gasteiger partial charge in [0.05, 0.1) is 13.7 Å².